The number of carbonyl (C=O) groups is 1. The monoisotopic (exact) mass is 299 g/mol. The topological polar surface area (TPSA) is 63.2 Å². The van der Waals surface area contributed by atoms with E-state index in [1.54, 1.807) is 25.4 Å². The number of nitrogens with zero attached hydrogens (tertiary/aromatic N) is 1. The molecule has 2 aromatic rings. The van der Waals surface area contributed by atoms with E-state index in [4.69, 9.17) is 4.74 Å². The molecule has 0 aliphatic carbocycles. The third kappa shape index (κ3) is 4.86. The molecule has 0 aliphatic heterocycles. The first-order valence-electron chi connectivity index (χ1n) is 7.21. The minimum atomic E-state index is -0.112. The van der Waals surface area contributed by atoms with E-state index in [2.05, 4.69) is 21.7 Å². The molecule has 1 amide bonds. The maximum Gasteiger partial charge on any atom is 0.251 e. The second kappa shape index (κ2) is 8.14. The van der Waals surface area contributed by atoms with Gasteiger partial charge in [0.05, 0.1) is 6.61 Å². The van der Waals surface area contributed by atoms with Crippen molar-refractivity contribution in [2.24, 2.45) is 0 Å². The average Bonchev–Trinajstić information content (AvgIpc) is 2.53. The van der Waals surface area contributed by atoms with Crippen molar-refractivity contribution in [3.8, 4) is 0 Å². The lowest BCUT2D eigenvalue weighted by Gasteiger charge is -2.08. The Morgan fingerprint density at radius 3 is 2.91 bits per heavy atom. The second-order valence-electron chi connectivity index (χ2n) is 5.02. The van der Waals surface area contributed by atoms with Crippen LogP contribution in [0.5, 0.6) is 0 Å². The number of ether oxygens (including phenoxy) is 1. The van der Waals surface area contributed by atoms with Gasteiger partial charge in [0.1, 0.15) is 5.82 Å². The first kappa shape index (κ1) is 16.0. The van der Waals surface area contributed by atoms with Crippen molar-refractivity contribution in [1.82, 2.24) is 10.3 Å². The van der Waals surface area contributed by atoms with Crippen LogP contribution in [0.3, 0.4) is 0 Å². The minimum Gasteiger partial charge on any atom is -0.383 e. The molecular formula is C17H21N3O2. The molecule has 116 valence electrons. The van der Waals surface area contributed by atoms with Crippen molar-refractivity contribution in [1.29, 1.82) is 0 Å². The van der Waals surface area contributed by atoms with Crippen LogP contribution in [0, 0.1) is 6.92 Å². The van der Waals surface area contributed by atoms with Gasteiger partial charge < -0.3 is 15.4 Å². The molecule has 0 unspecified atom stereocenters. The summed E-state index contributed by atoms with van der Waals surface area (Å²) in [5, 5.41) is 6.02. The van der Waals surface area contributed by atoms with Gasteiger partial charge >= 0.3 is 0 Å². The van der Waals surface area contributed by atoms with E-state index in [9.17, 15) is 4.79 Å². The van der Waals surface area contributed by atoms with E-state index in [-0.39, 0.29) is 5.91 Å². The fourth-order valence-corrected chi connectivity index (χ4v) is 2.06. The fourth-order valence-electron chi connectivity index (χ4n) is 2.06. The number of amides is 1. The van der Waals surface area contributed by atoms with Gasteiger partial charge in [0, 0.05) is 32.0 Å². The maximum absolute atomic E-state index is 12.2. The van der Waals surface area contributed by atoms with Crippen molar-refractivity contribution >= 4 is 11.7 Å². The molecule has 0 saturated heterocycles. The summed E-state index contributed by atoms with van der Waals surface area (Å²) >= 11 is 0. The Morgan fingerprint density at radius 2 is 2.14 bits per heavy atom. The van der Waals surface area contributed by atoms with Crippen LogP contribution >= 0.6 is 0 Å². The van der Waals surface area contributed by atoms with Crippen LogP contribution in [0.25, 0.3) is 0 Å². The molecular weight excluding hydrogens is 278 g/mol. The van der Waals surface area contributed by atoms with Crippen molar-refractivity contribution in [2.75, 3.05) is 25.6 Å². The fraction of sp³-hybridized carbons (Fsp3) is 0.294. The van der Waals surface area contributed by atoms with Crippen LogP contribution in [0.15, 0.2) is 42.6 Å². The van der Waals surface area contributed by atoms with Gasteiger partial charge in [0.15, 0.2) is 0 Å². The molecule has 22 heavy (non-hydrogen) atoms. The van der Waals surface area contributed by atoms with E-state index in [1.807, 2.05) is 25.1 Å². The quantitative estimate of drug-likeness (QED) is 0.771. The Morgan fingerprint density at radius 1 is 1.27 bits per heavy atom. The first-order valence-corrected chi connectivity index (χ1v) is 7.21. The predicted molar refractivity (Wildman–Crippen MR) is 87.0 cm³/mol. The normalized spacial score (nSPS) is 10.3. The van der Waals surface area contributed by atoms with Gasteiger partial charge in [-0.1, -0.05) is 29.8 Å². The molecule has 0 radical (unpaired) electrons. The number of hydrogen-bond donors (Lipinski definition) is 2. The molecule has 1 aromatic carbocycles. The third-order valence-electron chi connectivity index (χ3n) is 3.17. The van der Waals surface area contributed by atoms with Crippen molar-refractivity contribution in [3.05, 3.63) is 59.3 Å². The number of rotatable bonds is 7. The Kier molecular flexibility index (Phi) is 5.91. The molecule has 0 atom stereocenters. The number of pyridine rings is 1. The smallest absolute Gasteiger partial charge is 0.251 e. The number of hydrogen-bond acceptors (Lipinski definition) is 4. The summed E-state index contributed by atoms with van der Waals surface area (Å²) in [4.78, 5) is 16.4. The highest BCUT2D eigenvalue weighted by Crippen LogP contribution is 2.08. The zero-order valence-corrected chi connectivity index (χ0v) is 12.9. The lowest BCUT2D eigenvalue weighted by molar-refractivity contribution is 0.0951. The van der Waals surface area contributed by atoms with Gasteiger partial charge in [0.25, 0.3) is 5.91 Å². The lowest BCUT2D eigenvalue weighted by atomic mass is 10.1. The van der Waals surface area contributed by atoms with E-state index >= 15 is 0 Å². The minimum absolute atomic E-state index is 0.112. The highest BCUT2D eigenvalue weighted by Gasteiger charge is 2.06. The van der Waals surface area contributed by atoms with Crippen LogP contribution < -0.4 is 10.6 Å². The Balaban J connectivity index is 1.93. The molecule has 0 bridgehead atoms. The summed E-state index contributed by atoms with van der Waals surface area (Å²) in [5.41, 5.74) is 2.85. The number of aryl methyl sites for hydroxylation is 1. The van der Waals surface area contributed by atoms with Crippen LogP contribution in [-0.2, 0) is 11.3 Å². The van der Waals surface area contributed by atoms with Gasteiger partial charge in [-0.2, -0.15) is 0 Å². The summed E-state index contributed by atoms with van der Waals surface area (Å²) in [5.74, 6) is 0.555. The number of benzene rings is 1. The van der Waals surface area contributed by atoms with Crippen molar-refractivity contribution in [3.63, 3.8) is 0 Å². The van der Waals surface area contributed by atoms with Crippen molar-refractivity contribution < 1.29 is 9.53 Å². The van der Waals surface area contributed by atoms with Gasteiger partial charge in [-0.15, -0.1) is 0 Å². The number of methoxy groups -OCH3 is 1. The molecule has 0 fully saturated rings. The summed E-state index contributed by atoms with van der Waals surface area (Å²) in [6.07, 6.45) is 1.62. The average molecular weight is 299 g/mol. The Bertz CT molecular complexity index is 629. The summed E-state index contributed by atoms with van der Waals surface area (Å²) in [7, 11) is 1.64. The van der Waals surface area contributed by atoms with Crippen molar-refractivity contribution in [2.45, 2.75) is 13.5 Å². The first-order chi connectivity index (χ1) is 10.7. The second-order valence-corrected chi connectivity index (χ2v) is 5.02. The van der Waals surface area contributed by atoms with Gasteiger partial charge in [-0.3, -0.25) is 4.79 Å². The summed E-state index contributed by atoms with van der Waals surface area (Å²) < 4.78 is 4.97. The van der Waals surface area contributed by atoms with E-state index < -0.39 is 0 Å². The third-order valence-corrected chi connectivity index (χ3v) is 3.17. The molecule has 0 saturated carbocycles. The Hall–Kier alpha value is -2.40. The lowest BCUT2D eigenvalue weighted by Crippen LogP contribution is -2.23. The standard InChI is InChI=1S/C17H21N3O2/c1-13-4-3-5-14(10-13)12-20-17(21)15-6-7-18-16(11-15)19-8-9-22-2/h3-7,10-11H,8-9,12H2,1-2H3,(H,18,19)(H,20,21). The van der Waals surface area contributed by atoms with Crippen LogP contribution in [0.1, 0.15) is 21.5 Å². The Labute approximate surface area is 130 Å². The summed E-state index contributed by atoms with van der Waals surface area (Å²) in [6.45, 7) is 3.78. The number of anilines is 1. The highest BCUT2D eigenvalue weighted by molar-refractivity contribution is 5.94. The molecule has 1 aromatic heterocycles. The molecule has 2 N–H and O–H groups in total. The van der Waals surface area contributed by atoms with Gasteiger partial charge in [0.2, 0.25) is 0 Å². The van der Waals surface area contributed by atoms with E-state index in [1.165, 1.54) is 5.56 Å². The van der Waals surface area contributed by atoms with Crippen LogP contribution in [0.4, 0.5) is 5.82 Å². The molecule has 1 heterocycles. The molecule has 0 spiro atoms. The summed E-state index contributed by atoms with van der Waals surface area (Å²) in [6, 6.07) is 11.5. The van der Waals surface area contributed by atoms with Crippen LogP contribution in [0.2, 0.25) is 0 Å². The largest absolute Gasteiger partial charge is 0.383 e. The molecule has 0 aliphatic rings. The van der Waals surface area contributed by atoms with Gasteiger partial charge in [-0.25, -0.2) is 4.98 Å². The number of carbonyl (C=O) groups excluding carboxylic acids is 1. The molecule has 5 heteroatoms. The predicted octanol–water partition coefficient (Wildman–Crippen LogP) is 2.38. The molecule has 5 nitrogen and oxygen atoms in total. The van der Waals surface area contributed by atoms with Crippen LogP contribution in [-0.4, -0.2) is 31.2 Å². The van der Waals surface area contributed by atoms with E-state index in [0.717, 1.165) is 5.56 Å². The van der Waals surface area contributed by atoms with Gasteiger partial charge in [-0.05, 0) is 24.6 Å². The number of aromatic nitrogens is 1. The molecule has 2 rings (SSSR count). The zero-order valence-electron chi connectivity index (χ0n) is 12.9. The zero-order chi connectivity index (χ0) is 15.8. The number of nitrogens with one attached hydrogen (secondary N) is 2. The SMILES string of the molecule is COCCNc1cc(C(=O)NCc2cccc(C)c2)ccn1. The van der Waals surface area contributed by atoms with E-state index in [0.29, 0.717) is 31.1 Å². The maximum atomic E-state index is 12.2. The highest BCUT2D eigenvalue weighted by atomic mass is 16.5.